The highest BCUT2D eigenvalue weighted by Crippen LogP contribution is 2.36. The third-order valence-electron chi connectivity index (χ3n) is 3.83. The van der Waals surface area contributed by atoms with E-state index >= 15 is 0 Å². The molecule has 1 saturated heterocycles. The standard InChI is InChI=1S/C15H16N2O5S/c1-8-13(18)16-10-6-9(2-3-12(10)23-8)14(19)17-4-5-22-7-11(17)15(20)21/h2-3,6,8,11H,4-5,7H2,1H3,(H,16,18)(H,20,21). The van der Waals surface area contributed by atoms with Crippen LogP contribution in [0, 0.1) is 0 Å². The number of morpholine rings is 1. The monoisotopic (exact) mass is 336 g/mol. The molecule has 0 spiro atoms. The summed E-state index contributed by atoms with van der Waals surface area (Å²) in [5, 5.41) is 11.8. The van der Waals surface area contributed by atoms with Gasteiger partial charge in [0.1, 0.15) is 0 Å². The molecule has 1 fully saturated rings. The van der Waals surface area contributed by atoms with E-state index < -0.39 is 12.0 Å². The van der Waals surface area contributed by atoms with Gasteiger partial charge < -0.3 is 20.1 Å². The zero-order valence-electron chi connectivity index (χ0n) is 12.4. The van der Waals surface area contributed by atoms with Crippen LogP contribution in [-0.2, 0) is 14.3 Å². The van der Waals surface area contributed by atoms with Crippen molar-refractivity contribution in [1.29, 1.82) is 0 Å². The smallest absolute Gasteiger partial charge is 0.328 e. The van der Waals surface area contributed by atoms with E-state index in [4.69, 9.17) is 4.74 Å². The summed E-state index contributed by atoms with van der Waals surface area (Å²) in [4.78, 5) is 37.9. The average molecular weight is 336 g/mol. The molecule has 8 heteroatoms. The molecular weight excluding hydrogens is 320 g/mol. The van der Waals surface area contributed by atoms with Gasteiger partial charge in [-0.3, -0.25) is 9.59 Å². The number of hydrogen-bond donors (Lipinski definition) is 2. The number of benzene rings is 1. The third kappa shape index (κ3) is 3.04. The summed E-state index contributed by atoms with van der Waals surface area (Å²) in [7, 11) is 0. The molecule has 2 amide bonds. The molecule has 7 nitrogen and oxygen atoms in total. The van der Waals surface area contributed by atoms with Crippen LogP contribution < -0.4 is 5.32 Å². The van der Waals surface area contributed by atoms with Crippen LogP contribution in [0.1, 0.15) is 17.3 Å². The minimum atomic E-state index is -1.09. The largest absolute Gasteiger partial charge is 0.480 e. The van der Waals surface area contributed by atoms with Gasteiger partial charge in [0.05, 0.1) is 24.2 Å². The van der Waals surface area contributed by atoms with Crippen LogP contribution >= 0.6 is 11.8 Å². The fourth-order valence-electron chi connectivity index (χ4n) is 2.56. The SMILES string of the molecule is CC1Sc2ccc(C(=O)N3CCOCC3C(=O)O)cc2NC1=O. The van der Waals surface area contributed by atoms with Crippen molar-refractivity contribution in [2.24, 2.45) is 0 Å². The molecule has 2 N–H and O–H groups in total. The normalized spacial score (nSPS) is 23.9. The van der Waals surface area contributed by atoms with Crippen molar-refractivity contribution in [3.8, 4) is 0 Å². The highest BCUT2D eigenvalue weighted by molar-refractivity contribution is 8.00. The Hall–Kier alpha value is -2.06. The van der Waals surface area contributed by atoms with Gasteiger partial charge in [-0.25, -0.2) is 4.79 Å². The summed E-state index contributed by atoms with van der Waals surface area (Å²) < 4.78 is 5.14. The van der Waals surface area contributed by atoms with Gasteiger partial charge in [0.2, 0.25) is 5.91 Å². The van der Waals surface area contributed by atoms with E-state index in [9.17, 15) is 19.5 Å². The van der Waals surface area contributed by atoms with Crippen molar-refractivity contribution in [3.63, 3.8) is 0 Å². The lowest BCUT2D eigenvalue weighted by Crippen LogP contribution is -2.52. The van der Waals surface area contributed by atoms with Crippen LogP contribution in [0.5, 0.6) is 0 Å². The summed E-state index contributed by atoms with van der Waals surface area (Å²) in [5.74, 6) is -1.57. The van der Waals surface area contributed by atoms with E-state index in [0.717, 1.165) is 4.90 Å². The number of aliphatic carboxylic acids is 1. The van der Waals surface area contributed by atoms with Gasteiger partial charge in [-0.2, -0.15) is 0 Å². The molecule has 3 rings (SSSR count). The number of hydrogen-bond acceptors (Lipinski definition) is 5. The number of amides is 2. The van der Waals surface area contributed by atoms with Crippen LogP contribution in [-0.4, -0.2) is 58.8 Å². The lowest BCUT2D eigenvalue weighted by atomic mass is 10.1. The highest BCUT2D eigenvalue weighted by Gasteiger charge is 2.34. The Balaban J connectivity index is 1.87. The van der Waals surface area contributed by atoms with Crippen molar-refractivity contribution < 1.29 is 24.2 Å². The van der Waals surface area contributed by atoms with Gasteiger partial charge >= 0.3 is 5.97 Å². The van der Waals surface area contributed by atoms with Crippen molar-refractivity contribution >= 4 is 35.2 Å². The van der Waals surface area contributed by atoms with Gasteiger partial charge in [0, 0.05) is 17.0 Å². The molecule has 0 radical (unpaired) electrons. The first-order valence-electron chi connectivity index (χ1n) is 7.20. The molecule has 2 unspecified atom stereocenters. The van der Waals surface area contributed by atoms with E-state index in [1.165, 1.54) is 16.7 Å². The molecule has 1 aromatic rings. The fourth-order valence-corrected chi connectivity index (χ4v) is 3.49. The van der Waals surface area contributed by atoms with E-state index in [2.05, 4.69) is 5.32 Å². The van der Waals surface area contributed by atoms with Gasteiger partial charge in [-0.05, 0) is 25.1 Å². The average Bonchev–Trinajstić information content (AvgIpc) is 2.55. The van der Waals surface area contributed by atoms with Crippen LogP contribution in [0.15, 0.2) is 23.1 Å². The highest BCUT2D eigenvalue weighted by atomic mass is 32.2. The molecule has 0 bridgehead atoms. The number of anilines is 1. The number of thioether (sulfide) groups is 1. The van der Waals surface area contributed by atoms with Gasteiger partial charge in [0.15, 0.2) is 6.04 Å². The Morgan fingerprint density at radius 1 is 1.43 bits per heavy atom. The maximum Gasteiger partial charge on any atom is 0.328 e. The Labute approximate surface area is 137 Å². The summed E-state index contributed by atoms with van der Waals surface area (Å²) >= 11 is 1.43. The topological polar surface area (TPSA) is 95.9 Å². The van der Waals surface area contributed by atoms with E-state index in [0.29, 0.717) is 17.9 Å². The molecule has 2 heterocycles. The molecular formula is C15H16N2O5S. The summed E-state index contributed by atoms with van der Waals surface area (Å²) in [5.41, 5.74) is 0.941. The Kier molecular flexibility index (Phi) is 4.27. The first kappa shape index (κ1) is 15.8. The molecule has 122 valence electrons. The Morgan fingerprint density at radius 2 is 2.22 bits per heavy atom. The van der Waals surface area contributed by atoms with Gasteiger partial charge in [0.25, 0.3) is 5.91 Å². The van der Waals surface area contributed by atoms with Crippen LogP contribution in [0.25, 0.3) is 0 Å². The van der Waals surface area contributed by atoms with E-state index in [1.807, 2.05) is 6.92 Å². The van der Waals surface area contributed by atoms with Gasteiger partial charge in [-0.1, -0.05) is 0 Å². The molecule has 2 atom stereocenters. The second-order valence-corrected chi connectivity index (χ2v) is 6.77. The number of nitrogens with one attached hydrogen (secondary N) is 1. The first-order valence-corrected chi connectivity index (χ1v) is 8.08. The zero-order valence-corrected chi connectivity index (χ0v) is 13.3. The van der Waals surface area contributed by atoms with Crippen molar-refractivity contribution in [1.82, 2.24) is 4.90 Å². The first-order chi connectivity index (χ1) is 11.0. The number of rotatable bonds is 2. The molecule has 0 saturated carbocycles. The predicted molar refractivity (Wildman–Crippen MR) is 83.7 cm³/mol. The number of carboxylic acid groups (broad SMARTS) is 1. The molecule has 23 heavy (non-hydrogen) atoms. The molecule has 1 aromatic carbocycles. The Bertz CT molecular complexity index is 678. The maximum absolute atomic E-state index is 12.6. The second-order valence-electron chi connectivity index (χ2n) is 5.39. The van der Waals surface area contributed by atoms with E-state index in [-0.39, 0.29) is 30.2 Å². The predicted octanol–water partition coefficient (Wildman–Crippen LogP) is 1.04. The number of carbonyl (C=O) groups is 3. The minimum Gasteiger partial charge on any atom is -0.480 e. The Morgan fingerprint density at radius 3 is 2.96 bits per heavy atom. The van der Waals surface area contributed by atoms with Crippen molar-refractivity contribution in [2.75, 3.05) is 25.1 Å². The van der Waals surface area contributed by atoms with Crippen LogP contribution in [0.4, 0.5) is 5.69 Å². The molecule has 0 aliphatic carbocycles. The summed E-state index contributed by atoms with van der Waals surface area (Å²) in [6.45, 7) is 2.33. The van der Waals surface area contributed by atoms with Crippen LogP contribution in [0.2, 0.25) is 0 Å². The summed E-state index contributed by atoms with van der Waals surface area (Å²) in [6, 6.07) is 4.05. The fraction of sp³-hybridized carbons (Fsp3) is 0.400. The van der Waals surface area contributed by atoms with E-state index in [1.54, 1.807) is 18.2 Å². The number of ether oxygens (including phenoxy) is 1. The second kappa shape index (κ2) is 6.21. The molecule has 2 aliphatic rings. The maximum atomic E-state index is 12.6. The molecule has 0 aromatic heterocycles. The quantitative estimate of drug-likeness (QED) is 0.838. The zero-order chi connectivity index (χ0) is 16.6. The van der Waals surface area contributed by atoms with Crippen LogP contribution in [0.3, 0.4) is 0 Å². The lowest BCUT2D eigenvalue weighted by molar-refractivity contribution is -0.147. The number of carbonyl (C=O) groups excluding carboxylic acids is 2. The molecule has 2 aliphatic heterocycles. The van der Waals surface area contributed by atoms with Crippen molar-refractivity contribution in [3.05, 3.63) is 23.8 Å². The summed E-state index contributed by atoms with van der Waals surface area (Å²) in [6.07, 6.45) is 0. The minimum absolute atomic E-state index is 0.0177. The number of fused-ring (bicyclic) bond motifs is 1. The van der Waals surface area contributed by atoms with Crippen molar-refractivity contribution in [2.45, 2.75) is 23.1 Å². The van der Waals surface area contributed by atoms with Gasteiger partial charge in [-0.15, -0.1) is 11.8 Å². The number of carboxylic acids is 1. The third-order valence-corrected chi connectivity index (χ3v) is 5.01. The number of nitrogens with zero attached hydrogens (tertiary/aromatic N) is 1. The lowest BCUT2D eigenvalue weighted by Gasteiger charge is -2.33.